The zero-order valence-corrected chi connectivity index (χ0v) is 9.00. The van der Waals surface area contributed by atoms with Gasteiger partial charge in [-0.05, 0) is 29.5 Å². The molecule has 2 nitrogen and oxygen atoms in total. The maximum Gasteiger partial charge on any atom is 0.248 e. The second kappa shape index (κ2) is 3.82. The molecule has 0 aliphatic heterocycles. The average Bonchev–Trinajstić information content (AvgIpc) is 2.02. The molecular formula is C12H17NO. The molecule has 0 bridgehead atoms. The largest absolute Gasteiger partial charge is 0.366 e. The Morgan fingerprint density at radius 1 is 1.21 bits per heavy atom. The van der Waals surface area contributed by atoms with Crippen molar-refractivity contribution in [1.29, 1.82) is 0 Å². The molecule has 14 heavy (non-hydrogen) atoms. The smallest absolute Gasteiger partial charge is 0.248 e. The van der Waals surface area contributed by atoms with Gasteiger partial charge in [0.05, 0.1) is 0 Å². The lowest BCUT2D eigenvalue weighted by molar-refractivity contribution is 0.100. The predicted octanol–water partition coefficient (Wildman–Crippen LogP) is 2.37. The molecule has 0 aliphatic rings. The van der Waals surface area contributed by atoms with E-state index in [0.717, 1.165) is 6.42 Å². The van der Waals surface area contributed by atoms with Gasteiger partial charge in [0.15, 0.2) is 0 Å². The third kappa shape index (κ3) is 3.21. The van der Waals surface area contributed by atoms with Crippen LogP contribution in [0.15, 0.2) is 24.3 Å². The van der Waals surface area contributed by atoms with Crippen molar-refractivity contribution in [2.24, 2.45) is 11.1 Å². The van der Waals surface area contributed by atoms with Crippen LogP contribution in [0, 0.1) is 5.41 Å². The second-order valence-electron chi connectivity index (χ2n) is 4.80. The molecule has 1 amide bonds. The van der Waals surface area contributed by atoms with Crippen LogP contribution in [0.3, 0.4) is 0 Å². The first-order chi connectivity index (χ1) is 6.38. The Labute approximate surface area is 85.1 Å². The summed E-state index contributed by atoms with van der Waals surface area (Å²) in [5.41, 5.74) is 7.23. The predicted molar refractivity (Wildman–Crippen MR) is 58.1 cm³/mol. The van der Waals surface area contributed by atoms with E-state index in [9.17, 15) is 4.79 Å². The van der Waals surface area contributed by atoms with Crippen molar-refractivity contribution in [2.75, 3.05) is 0 Å². The minimum atomic E-state index is -0.368. The number of hydrogen-bond donors (Lipinski definition) is 1. The highest BCUT2D eigenvalue weighted by atomic mass is 16.1. The van der Waals surface area contributed by atoms with Crippen LogP contribution in [0.25, 0.3) is 0 Å². The van der Waals surface area contributed by atoms with Gasteiger partial charge < -0.3 is 5.73 Å². The molecule has 0 aromatic heterocycles. The molecule has 2 N–H and O–H groups in total. The molecule has 0 saturated carbocycles. The molecule has 0 atom stereocenters. The highest BCUT2D eigenvalue weighted by Crippen LogP contribution is 2.20. The molecule has 0 aliphatic carbocycles. The monoisotopic (exact) mass is 191 g/mol. The molecule has 2 heteroatoms. The minimum absolute atomic E-state index is 0.272. The van der Waals surface area contributed by atoms with Gasteiger partial charge >= 0.3 is 0 Å². The highest BCUT2D eigenvalue weighted by Gasteiger charge is 2.11. The van der Waals surface area contributed by atoms with Gasteiger partial charge in [-0.15, -0.1) is 0 Å². The van der Waals surface area contributed by atoms with Gasteiger partial charge in [-0.25, -0.2) is 0 Å². The van der Waals surface area contributed by atoms with E-state index in [1.165, 1.54) is 5.56 Å². The fourth-order valence-corrected chi connectivity index (χ4v) is 1.40. The summed E-state index contributed by atoms with van der Waals surface area (Å²) >= 11 is 0. The summed E-state index contributed by atoms with van der Waals surface area (Å²) in [4.78, 5) is 10.8. The van der Waals surface area contributed by atoms with Gasteiger partial charge in [-0.1, -0.05) is 32.9 Å². The molecule has 0 fully saturated rings. The van der Waals surface area contributed by atoms with Crippen LogP contribution < -0.4 is 5.73 Å². The van der Waals surface area contributed by atoms with Crippen molar-refractivity contribution in [3.8, 4) is 0 Å². The van der Waals surface area contributed by atoms with E-state index in [2.05, 4.69) is 20.8 Å². The van der Waals surface area contributed by atoms with Crippen LogP contribution in [0.5, 0.6) is 0 Å². The number of rotatable bonds is 2. The van der Waals surface area contributed by atoms with Crippen molar-refractivity contribution in [3.05, 3.63) is 35.4 Å². The minimum Gasteiger partial charge on any atom is -0.366 e. The fraction of sp³-hybridized carbons (Fsp3) is 0.417. The zero-order chi connectivity index (χ0) is 10.8. The average molecular weight is 191 g/mol. The molecular weight excluding hydrogens is 174 g/mol. The number of hydrogen-bond acceptors (Lipinski definition) is 1. The van der Waals surface area contributed by atoms with Crippen molar-refractivity contribution < 1.29 is 4.79 Å². The van der Waals surface area contributed by atoms with Crippen molar-refractivity contribution >= 4 is 5.91 Å². The molecule has 1 rings (SSSR count). The van der Waals surface area contributed by atoms with Crippen LogP contribution >= 0.6 is 0 Å². The highest BCUT2D eigenvalue weighted by molar-refractivity contribution is 5.92. The number of benzene rings is 1. The zero-order valence-electron chi connectivity index (χ0n) is 9.00. The molecule has 0 unspecified atom stereocenters. The lowest BCUT2D eigenvalue weighted by Gasteiger charge is -2.17. The van der Waals surface area contributed by atoms with Gasteiger partial charge in [0.25, 0.3) is 0 Å². The van der Waals surface area contributed by atoms with E-state index in [0.29, 0.717) is 5.56 Å². The molecule has 0 saturated heterocycles. The van der Waals surface area contributed by atoms with Crippen molar-refractivity contribution in [2.45, 2.75) is 27.2 Å². The molecule has 0 heterocycles. The number of carbonyl (C=O) groups is 1. The molecule has 0 radical (unpaired) electrons. The second-order valence-corrected chi connectivity index (χ2v) is 4.80. The topological polar surface area (TPSA) is 43.1 Å². The Morgan fingerprint density at radius 3 is 2.07 bits per heavy atom. The first kappa shape index (κ1) is 10.8. The van der Waals surface area contributed by atoms with E-state index in [4.69, 9.17) is 5.73 Å². The lowest BCUT2D eigenvalue weighted by atomic mass is 9.88. The first-order valence-electron chi connectivity index (χ1n) is 4.77. The summed E-state index contributed by atoms with van der Waals surface area (Å²) in [7, 11) is 0. The summed E-state index contributed by atoms with van der Waals surface area (Å²) < 4.78 is 0. The summed E-state index contributed by atoms with van der Waals surface area (Å²) in [5, 5.41) is 0. The third-order valence-corrected chi connectivity index (χ3v) is 1.97. The van der Waals surface area contributed by atoms with Gasteiger partial charge in [0, 0.05) is 5.56 Å². The van der Waals surface area contributed by atoms with E-state index in [1.54, 1.807) is 12.1 Å². The summed E-state index contributed by atoms with van der Waals surface area (Å²) in [6.07, 6.45) is 1.01. The van der Waals surface area contributed by atoms with Crippen LogP contribution in [-0.2, 0) is 6.42 Å². The van der Waals surface area contributed by atoms with Gasteiger partial charge in [-0.2, -0.15) is 0 Å². The van der Waals surface area contributed by atoms with Gasteiger partial charge in [0.1, 0.15) is 0 Å². The first-order valence-corrected chi connectivity index (χ1v) is 4.77. The number of primary amides is 1. The Balaban J connectivity index is 2.79. The van der Waals surface area contributed by atoms with Crippen LogP contribution in [0.4, 0.5) is 0 Å². The molecule has 76 valence electrons. The summed E-state index contributed by atoms with van der Waals surface area (Å²) in [6.45, 7) is 6.57. The van der Waals surface area contributed by atoms with Crippen LogP contribution in [0.1, 0.15) is 36.7 Å². The van der Waals surface area contributed by atoms with Crippen molar-refractivity contribution in [1.82, 2.24) is 0 Å². The summed E-state index contributed by atoms with van der Waals surface area (Å²) in [6, 6.07) is 7.49. The van der Waals surface area contributed by atoms with Crippen molar-refractivity contribution in [3.63, 3.8) is 0 Å². The SMILES string of the molecule is CC(C)(C)Cc1ccc(C(N)=O)cc1. The van der Waals surface area contributed by atoms with E-state index in [-0.39, 0.29) is 11.3 Å². The maximum absolute atomic E-state index is 10.8. The standard InChI is InChI=1S/C12H17NO/c1-12(2,3)8-9-4-6-10(7-5-9)11(13)14/h4-7H,8H2,1-3H3,(H2,13,14). The number of nitrogens with two attached hydrogens (primary N) is 1. The molecule has 1 aromatic carbocycles. The Bertz CT molecular complexity index is 319. The summed E-state index contributed by atoms with van der Waals surface area (Å²) in [5.74, 6) is -0.368. The van der Waals surface area contributed by atoms with Crippen LogP contribution in [-0.4, -0.2) is 5.91 Å². The van der Waals surface area contributed by atoms with E-state index in [1.807, 2.05) is 12.1 Å². The van der Waals surface area contributed by atoms with E-state index >= 15 is 0 Å². The Kier molecular flexibility index (Phi) is 2.94. The number of carbonyl (C=O) groups excluding carboxylic acids is 1. The fourth-order valence-electron chi connectivity index (χ4n) is 1.40. The van der Waals surface area contributed by atoms with E-state index < -0.39 is 0 Å². The number of amides is 1. The van der Waals surface area contributed by atoms with Crippen LogP contribution in [0.2, 0.25) is 0 Å². The quantitative estimate of drug-likeness (QED) is 0.766. The molecule has 1 aromatic rings. The lowest BCUT2D eigenvalue weighted by Crippen LogP contribution is -2.12. The molecule has 0 spiro atoms. The third-order valence-electron chi connectivity index (χ3n) is 1.97. The van der Waals surface area contributed by atoms with Gasteiger partial charge in [0.2, 0.25) is 5.91 Å². The normalized spacial score (nSPS) is 11.4. The van der Waals surface area contributed by atoms with Gasteiger partial charge in [-0.3, -0.25) is 4.79 Å². The maximum atomic E-state index is 10.8. The Hall–Kier alpha value is -1.31. The Morgan fingerprint density at radius 2 is 1.71 bits per heavy atom.